The number of carbonyl (C=O) groups is 2. The molecule has 25 atom stereocenters. The van der Waals surface area contributed by atoms with E-state index in [0.29, 0.717) is 25.7 Å². The number of allylic oxidation sites excluding steroid dienone is 3. The molecule has 3 aliphatic heterocycles. The zero-order valence-corrected chi connectivity index (χ0v) is 44.1. The van der Waals surface area contributed by atoms with E-state index in [2.05, 4.69) is 40.7 Å². The summed E-state index contributed by atoms with van der Waals surface area (Å²) in [5.74, 6) is -1.65. The number of fused-ring (bicyclic) bond motifs is 7. The summed E-state index contributed by atoms with van der Waals surface area (Å²) in [4.78, 5) is 28.4. The van der Waals surface area contributed by atoms with Crippen molar-refractivity contribution in [2.24, 2.45) is 50.2 Å². The van der Waals surface area contributed by atoms with E-state index in [4.69, 9.17) is 33.2 Å². The predicted molar refractivity (Wildman–Crippen MR) is 257 cm³/mol. The summed E-state index contributed by atoms with van der Waals surface area (Å²) in [6.07, 6.45) is -20.4. The number of carbonyl (C=O) groups excluding carboxylic acids is 2. The third kappa shape index (κ3) is 9.01. The Balaban J connectivity index is 1.07. The van der Waals surface area contributed by atoms with E-state index >= 15 is 4.79 Å². The summed E-state index contributed by atoms with van der Waals surface area (Å²) in [6, 6.07) is 0. The maximum Gasteiger partial charge on any atom is 0.333 e. The van der Waals surface area contributed by atoms with Gasteiger partial charge in [-0.3, -0.25) is 4.79 Å². The van der Waals surface area contributed by atoms with E-state index in [0.717, 1.165) is 12.0 Å². The zero-order valence-electron chi connectivity index (χ0n) is 44.1. The van der Waals surface area contributed by atoms with Crippen LogP contribution in [0.4, 0.5) is 0 Å². The second-order valence-corrected chi connectivity index (χ2v) is 24.9. The summed E-state index contributed by atoms with van der Waals surface area (Å²) in [6.45, 7) is 15.1. The van der Waals surface area contributed by atoms with Crippen molar-refractivity contribution < 1.29 is 104 Å². The fourth-order valence-electron chi connectivity index (χ4n) is 15.5. The molecule has 0 radical (unpaired) electrons. The largest absolute Gasteiger partial charge is 0.453 e. The minimum absolute atomic E-state index is 0.0310. The van der Waals surface area contributed by atoms with Crippen LogP contribution >= 0.6 is 0 Å². The molecule has 3 heterocycles. The average molecular weight is 1060 g/mol. The van der Waals surface area contributed by atoms with Gasteiger partial charge in [0.05, 0.1) is 50.2 Å². The molecule has 21 heteroatoms. The van der Waals surface area contributed by atoms with Crippen LogP contribution in [-0.2, 0) is 42.7 Å². The molecule has 12 N–H and O–H groups in total. The van der Waals surface area contributed by atoms with Crippen LogP contribution in [0.2, 0.25) is 0 Å². The highest BCUT2D eigenvalue weighted by molar-refractivity contribution is 5.90. The molecule has 21 nitrogen and oxygen atoms in total. The molecule has 0 aromatic carbocycles. The molecule has 8 aliphatic rings. The number of esters is 1. The normalized spacial score (nSPS) is 51.1. The molecule has 3 saturated heterocycles. The number of ketones is 1. The van der Waals surface area contributed by atoms with Gasteiger partial charge in [0.15, 0.2) is 25.0 Å². The van der Waals surface area contributed by atoms with Crippen LogP contribution < -0.4 is 0 Å². The molecule has 0 aromatic rings. The number of ether oxygens (including phenoxy) is 7. The quantitative estimate of drug-likeness (QED) is 0.0495. The molecule has 0 aromatic heterocycles. The van der Waals surface area contributed by atoms with Crippen molar-refractivity contribution in [2.45, 2.75) is 218 Å². The summed E-state index contributed by atoms with van der Waals surface area (Å²) >= 11 is 0. The van der Waals surface area contributed by atoms with E-state index in [1.165, 1.54) is 0 Å². The Morgan fingerprint density at radius 3 is 1.88 bits per heavy atom. The van der Waals surface area contributed by atoms with E-state index in [-0.39, 0.29) is 41.4 Å². The van der Waals surface area contributed by atoms with Crippen molar-refractivity contribution in [2.75, 3.05) is 26.4 Å². The third-order valence-corrected chi connectivity index (χ3v) is 20.4. The second-order valence-electron chi connectivity index (χ2n) is 24.9. The fourth-order valence-corrected chi connectivity index (χ4v) is 15.5. The minimum Gasteiger partial charge on any atom is -0.453 e. The number of Topliss-reactive ketones (excluding diaryl/α,β-unsaturated/α-hetero) is 1. The highest BCUT2D eigenvalue weighted by atomic mass is 16.8. The molecule has 8 rings (SSSR count). The zero-order chi connectivity index (χ0) is 54.6. The smallest absolute Gasteiger partial charge is 0.333 e. The summed E-state index contributed by atoms with van der Waals surface area (Å²) in [5, 5.41) is 131. The van der Waals surface area contributed by atoms with Gasteiger partial charge < -0.3 is 94.4 Å². The van der Waals surface area contributed by atoms with E-state index in [1.807, 2.05) is 13.8 Å². The highest BCUT2D eigenvalue weighted by Gasteiger charge is 2.73. The second kappa shape index (κ2) is 20.8. The van der Waals surface area contributed by atoms with Gasteiger partial charge in [0, 0.05) is 17.4 Å². The first-order chi connectivity index (χ1) is 34.6. The first-order valence-electron chi connectivity index (χ1n) is 26.5. The van der Waals surface area contributed by atoms with E-state index in [9.17, 15) is 66.1 Å². The van der Waals surface area contributed by atoms with Gasteiger partial charge in [0.25, 0.3) is 0 Å². The van der Waals surface area contributed by atoms with Crippen molar-refractivity contribution in [3.8, 4) is 0 Å². The summed E-state index contributed by atoms with van der Waals surface area (Å²) in [7, 11) is 0. The number of hydrogen-bond acceptors (Lipinski definition) is 21. The molecule has 4 saturated carbocycles. The van der Waals surface area contributed by atoms with Crippen molar-refractivity contribution in [3.05, 3.63) is 23.3 Å². The lowest BCUT2D eigenvalue weighted by Gasteiger charge is -2.71. The lowest BCUT2D eigenvalue weighted by molar-refractivity contribution is -0.370. The maximum atomic E-state index is 15.6. The lowest BCUT2D eigenvalue weighted by atomic mass is 9.33. The van der Waals surface area contributed by atoms with Crippen LogP contribution in [0.25, 0.3) is 0 Å². The van der Waals surface area contributed by atoms with Crippen LogP contribution in [0.15, 0.2) is 23.3 Å². The van der Waals surface area contributed by atoms with Gasteiger partial charge in [-0.05, 0) is 91.8 Å². The number of rotatable bonds is 12. The summed E-state index contributed by atoms with van der Waals surface area (Å²) < 4.78 is 42.1. The Kier molecular flexibility index (Phi) is 16.4. The molecule has 5 aliphatic carbocycles. The molecule has 0 amide bonds. The van der Waals surface area contributed by atoms with Crippen molar-refractivity contribution in [1.82, 2.24) is 0 Å². The maximum absolute atomic E-state index is 15.6. The molecular weight excluding hydrogens is 973 g/mol. The molecular formula is C53H84O21. The van der Waals surface area contributed by atoms with Crippen LogP contribution in [0.3, 0.4) is 0 Å². The Hall–Kier alpha value is -2.10. The number of aliphatic hydroxyl groups excluding tert-OH is 12. The molecule has 7 fully saturated rings. The van der Waals surface area contributed by atoms with Crippen molar-refractivity contribution >= 4 is 11.8 Å². The van der Waals surface area contributed by atoms with Crippen LogP contribution in [0.1, 0.15) is 107 Å². The first-order valence-corrected chi connectivity index (χ1v) is 26.5. The monoisotopic (exact) mass is 1060 g/mol. The van der Waals surface area contributed by atoms with E-state index < -0.39 is 176 Å². The Morgan fingerprint density at radius 1 is 0.689 bits per heavy atom. The Morgan fingerprint density at radius 2 is 1.27 bits per heavy atom. The fraction of sp³-hybridized carbons (Fsp3) is 0.887. The molecule has 0 bridgehead atoms. The first kappa shape index (κ1) is 58.1. The SMILES string of the molecule is C/C=C(/C)C(=O)O[C@@H]1[C@@H](O)[C@H](O[C@H]2CC[C@]3(C)[C@H]4CC=C5[C@@H]6CC(C)(C)[C@@H](O)[C@H](O)[C@]6(CO[C@H]6O[C@@H](CO)[C@H](O)[C@@H](O)[C@@H]6O[C@H]6O[C@@H](CO)[C@H](O)[C@@H](O)[C@@H]6O)C(=O)C[C@@]5(C)[C@]4(C)CC[C@H]3C2(C)C)O[C@H](CO)[C@H]1O. The highest BCUT2D eigenvalue weighted by Crippen LogP contribution is 2.75. The van der Waals surface area contributed by atoms with Gasteiger partial charge in [0.1, 0.15) is 72.9 Å². The topological polar surface area (TPSA) is 342 Å². The predicted octanol–water partition coefficient (Wildman–Crippen LogP) is -0.748. The number of aliphatic hydroxyl groups is 12. The molecule has 0 spiro atoms. The van der Waals surface area contributed by atoms with Gasteiger partial charge in [-0.1, -0.05) is 66.2 Å². The van der Waals surface area contributed by atoms with E-state index in [1.54, 1.807) is 19.9 Å². The third-order valence-electron chi connectivity index (χ3n) is 20.4. The van der Waals surface area contributed by atoms with Gasteiger partial charge in [-0.15, -0.1) is 0 Å². The van der Waals surface area contributed by atoms with Crippen LogP contribution in [-0.4, -0.2) is 210 Å². The molecule has 422 valence electrons. The standard InChI is InChI=1S/C53H84O21/c1-10-23(2)44(67)73-40-35(60)28(21-56)70-46(39(40)64)72-32-14-15-50(7)29(49(32,5)6)13-16-51(8)30(50)12-11-24-25-17-48(3,4)42(65)43(66)53(25,31(57)18-52(24,51)9)22-68-47-41(37(62)34(59)27(20-55)71-47)74-45-38(63)36(61)33(58)26(19-54)69-45/h10-11,25-30,32-43,45-47,54-56,58-66H,12-22H2,1-9H3/b23-10-/t25-,26-,27-,28+,29-,30+,32-,33-,34-,35+,36+,37+,38-,39+,40-,41-,42-,43-,45+,46-,47-,50-,51+,52+,53-/m0/s1. The van der Waals surface area contributed by atoms with Crippen LogP contribution in [0, 0.1) is 50.2 Å². The lowest BCUT2D eigenvalue weighted by Crippen LogP contribution is -2.71. The number of hydrogen-bond donors (Lipinski definition) is 12. The average Bonchev–Trinajstić information content (AvgIpc) is 3.35. The van der Waals surface area contributed by atoms with Gasteiger partial charge >= 0.3 is 5.97 Å². The summed E-state index contributed by atoms with van der Waals surface area (Å²) in [5.41, 5.74) is -3.48. The minimum atomic E-state index is -1.91. The van der Waals surface area contributed by atoms with Crippen LogP contribution in [0.5, 0.6) is 0 Å². The van der Waals surface area contributed by atoms with Crippen molar-refractivity contribution in [1.29, 1.82) is 0 Å². The Labute approximate surface area is 432 Å². The molecule has 0 unspecified atom stereocenters. The van der Waals surface area contributed by atoms with Gasteiger partial charge in [-0.2, -0.15) is 0 Å². The van der Waals surface area contributed by atoms with Gasteiger partial charge in [-0.25, -0.2) is 4.79 Å². The molecule has 74 heavy (non-hydrogen) atoms. The van der Waals surface area contributed by atoms with Gasteiger partial charge in [0.2, 0.25) is 0 Å². The Bertz CT molecular complexity index is 2120. The van der Waals surface area contributed by atoms with Crippen molar-refractivity contribution in [3.63, 3.8) is 0 Å².